The number of nitrogens with zero attached hydrogens (tertiary/aromatic N) is 2. The van der Waals surface area contributed by atoms with E-state index < -0.39 is 17.9 Å². The molecular formula is C34H30ClN3O4. The molecule has 5 aromatic rings. The van der Waals surface area contributed by atoms with Crippen LogP contribution in [0.2, 0.25) is 5.02 Å². The molecule has 1 heterocycles. The fourth-order valence-electron chi connectivity index (χ4n) is 4.52. The molecule has 0 saturated carbocycles. The van der Waals surface area contributed by atoms with Gasteiger partial charge in [0.1, 0.15) is 6.04 Å². The Morgan fingerprint density at radius 2 is 1.50 bits per heavy atom. The molecule has 1 unspecified atom stereocenters. The molecule has 0 aliphatic carbocycles. The van der Waals surface area contributed by atoms with Crippen LogP contribution in [0.1, 0.15) is 42.3 Å². The average molecular weight is 580 g/mol. The molecule has 0 aliphatic heterocycles. The Kier molecular flexibility index (Phi) is 8.22. The zero-order valence-electron chi connectivity index (χ0n) is 23.5. The number of aliphatic carboxylic acids is 1. The fraction of sp³-hybridized carbons (Fsp3) is 0.176. The highest BCUT2D eigenvalue weighted by Gasteiger charge is 2.22. The van der Waals surface area contributed by atoms with Gasteiger partial charge in [0.2, 0.25) is 5.82 Å². The van der Waals surface area contributed by atoms with Crippen molar-refractivity contribution in [1.29, 1.82) is 0 Å². The summed E-state index contributed by atoms with van der Waals surface area (Å²) < 4.78 is 5.50. The van der Waals surface area contributed by atoms with E-state index in [2.05, 4.69) is 36.2 Å². The van der Waals surface area contributed by atoms with E-state index in [0.717, 1.165) is 33.4 Å². The maximum atomic E-state index is 12.8. The molecule has 4 aromatic carbocycles. The quantitative estimate of drug-likeness (QED) is 0.198. The van der Waals surface area contributed by atoms with Gasteiger partial charge >= 0.3 is 5.97 Å². The van der Waals surface area contributed by atoms with Crippen molar-refractivity contribution in [2.24, 2.45) is 0 Å². The summed E-state index contributed by atoms with van der Waals surface area (Å²) in [6.07, 6.45) is 0.123. The van der Waals surface area contributed by atoms with Crippen LogP contribution in [0.25, 0.3) is 34.0 Å². The van der Waals surface area contributed by atoms with E-state index in [1.165, 1.54) is 0 Å². The van der Waals surface area contributed by atoms with Crippen LogP contribution >= 0.6 is 11.6 Å². The van der Waals surface area contributed by atoms with Crippen molar-refractivity contribution >= 4 is 23.5 Å². The van der Waals surface area contributed by atoms with E-state index in [9.17, 15) is 14.7 Å². The number of carboxylic acids is 1. The molecule has 212 valence electrons. The van der Waals surface area contributed by atoms with Crippen LogP contribution in [0.4, 0.5) is 0 Å². The molecule has 1 atom stereocenters. The van der Waals surface area contributed by atoms with Crippen LogP contribution in [0.5, 0.6) is 0 Å². The topological polar surface area (TPSA) is 105 Å². The van der Waals surface area contributed by atoms with Gasteiger partial charge in [-0.25, -0.2) is 4.79 Å². The molecule has 0 radical (unpaired) electrons. The van der Waals surface area contributed by atoms with Gasteiger partial charge in [0.15, 0.2) is 0 Å². The highest BCUT2D eigenvalue weighted by atomic mass is 35.5. The van der Waals surface area contributed by atoms with Gasteiger partial charge in [-0.1, -0.05) is 98.2 Å². The molecule has 42 heavy (non-hydrogen) atoms. The lowest BCUT2D eigenvalue weighted by Gasteiger charge is -2.19. The number of rotatable bonds is 8. The summed E-state index contributed by atoms with van der Waals surface area (Å²) in [6, 6.07) is 28.7. The molecule has 0 aliphatic rings. The highest BCUT2D eigenvalue weighted by molar-refractivity contribution is 6.30. The molecule has 0 bridgehead atoms. The number of carbonyl (C=O) groups is 2. The summed E-state index contributed by atoms with van der Waals surface area (Å²) in [5.41, 5.74) is 5.74. The normalized spacial score (nSPS) is 12.1. The van der Waals surface area contributed by atoms with Gasteiger partial charge in [-0.3, -0.25) is 4.79 Å². The smallest absolute Gasteiger partial charge is 0.326 e. The van der Waals surface area contributed by atoms with Crippen LogP contribution in [-0.4, -0.2) is 33.2 Å². The standard InChI is InChI=1S/C34H30ClN3O4/c1-34(2,3)27-17-15-24(16-18-27)31(39)36-29(33(40)41)19-21-7-9-23(10-8-21)30-37-32(42-38-30)25-13-11-22(12-14-25)26-5-4-6-28(35)20-26/h4-18,20,29H,19H2,1-3H3,(H,36,39)(H,40,41). The monoisotopic (exact) mass is 579 g/mol. The number of hydrogen-bond acceptors (Lipinski definition) is 5. The molecule has 1 aromatic heterocycles. The first-order valence-electron chi connectivity index (χ1n) is 13.5. The van der Waals surface area contributed by atoms with Crippen LogP contribution in [-0.2, 0) is 16.6 Å². The maximum Gasteiger partial charge on any atom is 0.326 e. The minimum atomic E-state index is -1.11. The Morgan fingerprint density at radius 3 is 2.12 bits per heavy atom. The minimum Gasteiger partial charge on any atom is -0.480 e. The van der Waals surface area contributed by atoms with Gasteiger partial charge in [-0.15, -0.1) is 0 Å². The van der Waals surface area contributed by atoms with Crippen molar-refractivity contribution in [1.82, 2.24) is 15.5 Å². The fourth-order valence-corrected chi connectivity index (χ4v) is 4.71. The number of nitrogens with one attached hydrogen (secondary N) is 1. The number of carbonyl (C=O) groups excluding carboxylic acids is 1. The van der Waals surface area contributed by atoms with Crippen LogP contribution in [0.3, 0.4) is 0 Å². The highest BCUT2D eigenvalue weighted by Crippen LogP contribution is 2.27. The van der Waals surface area contributed by atoms with Gasteiger partial charge in [0, 0.05) is 28.1 Å². The van der Waals surface area contributed by atoms with Gasteiger partial charge in [-0.2, -0.15) is 4.98 Å². The Labute approximate surface area is 249 Å². The Morgan fingerprint density at radius 1 is 0.857 bits per heavy atom. The van der Waals surface area contributed by atoms with Crippen LogP contribution < -0.4 is 5.32 Å². The number of benzene rings is 4. The lowest BCUT2D eigenvalue weighted by Crippen LogP contribution is -2.42. The number of hydrogen-bond donors (Lipinski definition) is 2. The predicted molar refractivity (Wildman–Crippen MR) is 163 cm³/mol. The van der Waals surface area contributed by atoms with Crippen LogP contribution in [0.15, 0.2) is 102 Å². The third-order valence-electron chi connectivity index (χ3n) is 6.98. The molecular weight excluding hydrogens is 550 g/mol. The summed E-state index contributed by atoms with van der Waals surface area (Å²) in [7, 11) is 0. The molecule has 2 N–H and O–H groups in total. The molecule has 5 rings (SSSR count). The second-order valence-corrected chi connectivity index (χ2v) is 11.5. The Balaban J connectivity index is 1.24. The largest absolute Gasteiger partial charge is 0.480 e. The van der Waals surface area contributed by atoms with E-state index in [1.54, 1.807) is 36.4 Å². The van der Waals surface area contributed by atoms with Gasteiger partial charge in [-0.05, 0) is 64.1 Å². The molecule has 0 saturated heterocycles. The average Bonchev–Trinajstić information content (AvgIpc) is 3.47. The van der Waals surface area contributed by atoms with Crippen molar-refractivity contribution < 1.29 is 19.2 Å². The lowest BCUT2D eigenvalue weighted by molar-refractivity contribution is -0.139. The van der Waals surface area contributed by atoms with Crippen molar-refractivity contribution in [2.45, 2.75) is 38.6 Å². The minimum absolute atomic E-state index is 0.0440. The van der Waals surface area contributed by atoms with E-state index >= 15 is 0 Å². The summed E-state index contributed by atoms with van der Waals surface area (Å²) >= 11 is 6.11. The van der Waals surface area contributed by atoms with Crippen molar-refractivity contribution in [3.63, 3.8) is 0 Å². The van der Waals surface area contributed by atoms with Crippen molar-refractivity contribution in [3.8, 4) is 34.0 Å². The molecule has 7 nitrogen and oxygen atoms in total. The summed E-state index contributed by atoms with van der Waals surface area (Å²) in [4.78, 5) is 29.2. The molecule has 8 heteroatoms. The van der Waals surface area contributed by atoms with E-state index in [4.69, 9.17) is 16.1 Å². The summed E-state index contributed by atoms with van der Waals surface area (Å²) in [6.45, 7) is 6.27. The van der Waals surface area contributed by atoms with Gasteiger partial charge in [0.25, 0.3) is 11.8 Å². The Hall–Kier alpha value is -4.75. The predicted octanol–water partition coefficient (Wildman–Crippen LogP) is 7.45. The number of carboxylic acid groups (broad SMARTS) is 1. The van der Waals surface area contributed by atoms with Crippen molar-refractivity contribution in [2.75, 3.05) is 0 Å². The SMILES string of the molecule is CC(C)(C)c1ccc(C(=O)NC(Cc2ccc(-c3noc(-c4ccc(-c5cccc(Cl)c5)cc4)n3)cc2)C(=O)O)cc1. The van der Waals surface area contributed by atoms with Crippen LogP contribution in [0, 0.1) is 0 Å². The number of halogens is 1. The van der Waals surface area contributed by atoms with Gasteiger partial charge < -0.3 is 14.9 Å². The van der Waals surface area contributed by atoms with E-state index in [-0.39, 0.29) is 11.8 Å². The van der Waals surface area contributed by atoms with E-state index in [1.807, 2.05) is 60.7 Å². The number of amides is 1. The molecule has 0 spiro atoms. The number of aromatic nitrogens is 2. The third-order valence-corrected chi connectivity index (χ3v) is 7.22. The molecule has 1 amide bonds. The summed E-state index contributed by atoms with van der Waals surface area (Å²) in [5.74, 6) is -0.740. The van der Waals surface area contributed by atoms with E-state index in [0.29, 0.717) is 22.3 Å². The first-order chi connectivity index (χ1) is 20.1. The third kappa shape index (κ3) is 6.75. The molecule has 0 fully saturated rings. The first-order valence-corrected chi connectivity index (χ1v) is 13.9. The zero-order chi connectivity index (χ0) is 29.9. The van der Waals surface area contributed by atoms with Crippen molar-refractivity contribution in [3.05, 3.63) is 119 Å². The van der Waals surface area contributed by atoms with Gasteiger partial charge in [0.05, 0.1) is 0 Å². The second kappa shape index (κ2) is 12.0. The zero-order valence-corrected chi connectivity index (χ0v) is 24.2. The Bertz CT molecular complexity index is 1700. The maximum absolute atomic E-state index is 12.8. The first kappa shape index (κ1) is 28.8. The second-order valence-electron chi connectivity index (χ2n) is 11.1. The summed E-state index contributed by atoms with van der Waals surface area (Å²) in [5, 5.41) is 17.2. The lowest BCUT2D eigenvalue weighted by atomic mass is 9.86.